The van der Waals surface area contributed by atoms with Crippen LogP contribution in [0.1, 0.15) is 71.4 Å². The summed E-state index contributed by atoms with van der Waals surface area (Å²) in [6.07, 6.45) is 1.77. The Morgan fingerprint density at radius 1 is 0.852 bits per heavy atom. The van der Waals surface area contributed by atoms with E-state index in [1.165, 1.54) is 55.5 Å². The van der Waals surface area contributed by atoms with Crippen LogP contribution in [0.25, 0.3) is 0 Å². The normalized spacial score (nSPS) is 31.4. The first kappa shape index (κ1) is 59.9. The topological polar surface area (TPSA) is 399 Å². The van der Waals surface area contributed by atoms with Gasteiger partial charge in [-0.2, -0.15) is 0 Å². The van der Waals surface area contributed by atoms with Crippen molar-refractivity contribution in [2.45, 2.75) is 126 Å². The molecular formula is C55H67Cl2N9O15. The van der Waals surface area contributed by atoms with E-state index >= 15 is 4.79 Å². The molecule has 1 aromatic carbocycles. The van der Waals surface area contributed by atoms with Crippen LogP contribution >= 0.6 is 23.2 Å². The van der Waals surface area contributed by atoms with E-state index in [0.717, 1.165) is 0 Å². The summed E-state index contributed by atoms with van der Waals surface area (Å²) >= 11 is 13.9. The maximum atomic E-state index is 15.2. The van der Waals surface area contributed by atoms with Gasteiger partial charge in [-0.3, -0.25) is 33.8 Å². The highest BCUT2D eigenvalue weighted by Gasteiger charge is 2.45. The number of likely N-dealkylation sites (N-methyl/N-ethyl adjacent to an activating group) is 1. The number of aliphatic imine (C=N–C) groups is 1. The maximum absolute atomic E-state index is 15.2. The second-order valence-electron chi connectivity index (χ2n) is 21.6. The monoisotopic (exact) mass is 1160 g/mol. The molecule has 26 heteroatoms. The van der Waals surface area contributed by atoms with Gasteiger partial charge in [0, 0.05) is 23.3 Å². The minimum Gasteiger partial charge on any atom is -0.512 e. The van der Waals surface area contributed by atoms with Crippen molar-refractivity contribution in [1.29, 1.82) is 0 Å². The zero-order valence-corrected chi connectivity index (χ0v) is 46.3. The SMILES string of the molecule is CN[C@H](CC(C)C)C(=O)N[C@H]1C(=O)N[C@@H](CC(N)=O)C(=O)N[C@H]2C(N)=N[C@H]3C(=O)N[C@H](C(=O)N[C@H](CO)C4=CC(O)C(C)C(O)=C4C4CC3=CC=C4O)[C@H](O)C3=CC=C(Oc4cc2cc(c4O)OC2=C(Cl)C=C(CC2C)[C@H]1O)C(Cl)C3. The zero-order valence-electron chi connectivity index (χ0n) is 44.8. The second-order valence-corrected chi connectivity index (χ2v) is 22.5. The minimum atomic E-state index is -1.90. The van der Waals surface area contributed by atoms with Crippen LogP contribution in [-0.2, 0) is 28.8 Å². The van der Waals surface area contributed by atoms with Gasteiger partial charge >= 0.3 is 0 Å². The van der Waals surface area contributed by atoms with Crippen LogP contribution in [0.5, 0.6) is 17.2 Å². The second kappa shape index (κ2) is 24.5. The van der Waals surface area contributed by atoms with E-state index in [4.69, 9.17) is 49.1 Å². The van der Waals surface area contributed by atoms with Gasteiger partial charge in [-0.1, -0.05) is 51.4 Å². The number of amides is 6. The number of fused-ring (bicyclic) bond motifs is 14. The van der Waals surface area contributed by atoms with Gasteiger partial charge in [0.15, 0.2) is 17.5 Å². The number of halogens is 2. The molecule has 5 unspecified atom stereocenters. The number of nitrogens with zero attached hydrogens (tertiary/aromatic N) is 1. The highest BCUT2D eigenvalue weighted by molar-refractivity contribution is 6.31. The fourth-order valence-corrected chi connectivity index (χ4v) is 11.6. The number of hydrogen-bond acceptors (Lipinski definition) is 18. The van der Waals surface area contributed by atoms with E-state index < -0.39 is 150 Å². The molecule has 10 rings (SSSR count). The number of alkyl halides is 1. The number of hydrogen-bond donors (Lipinski definition) is 15. The standard InChI is InChI=1S/C55H67Cl2N9O15/c1-20(2)10-31(60-5)51(75)65-44-47(73)26-11-21(3)49(30(57)14-26)81-38-16-25-15-37(48(38)74)80-36-9-7-24(13-29(36)56)46(72)43-55(79)62-33(19-67)27-17-35(69)22(4)45(71)40(27)28-12-23(6-8-34(28)68)42(53(77)66-43)63-50(59)41(25)64-52(76)32(18-39(58)70)61-54(44)78/h6-9,14-17,20-22,28-29,31-33,35,41-44,46-47,60,67-69,71-74H,10-13,18-19H2,1-5H3,(H2,58,70)(H2,59,63)(H,61,78)(H,62,79)(H,64,76)(H,65,75)(H,66,77)/t21?,22?,28?,29?,31-,32+,33-,35?,41-,42-,43+,44-,46-,47-/m1/s1. The molecule has 9 aliphatic rings. The van der Waals surface area contributed by atoms with Crippen LogP contribution in [0.4, 0.5) is 0 Å². The Morgan fingerprint density at radius 2 is 1.53 bits per heavy atom. The molecule has 1 aromatic rings. The molecule has 24 nitrogen and oxygen atoms in total. The Bertz CT molecular complexity index is 3070. The molecule has 14 atom stereocenters. The lowest BCUT2D eigenvalue weighted by Crippen LogP contribution is -2.61. The summed E-state index contributed by atoms with van der Waals surface area (Å²) in [5.41, 5.74) is 13.0. The molecule has 6 amide bonds. The summed E-state index contributed by atoms with van der Waals surface area (Å²) < 4.78 is 12.7. The van der Waals surface area contributed by atoms with E-state index in [9.17, 15) is 59.7 Å². The predicted molar refractivity (Wildman–Crippen MR) is 294 cm³/mol. The average molecular weight is 1170 g/mol. The van der Waals surface area contributed by atoms with Crippen LogP contribution in [-0.4, -0.2) is 151 Å². The number of aliphatic hydroxyl groups is 6. The first-order chi connectivity index (χ1) is 38.3. The lowest BCUT2D eigenvalue weighted by molar-refractivity contribution is -0.135. The molecule has 81 heavy (non-hydrogen) atoms. The van der Waals surface area contributed by atoms with Gasteiger partial charge in [-0.25, -0.2) is 0 Å². The van der Waals surface area contributed by atoms with Crippen LogP contribution in [0.2, 0.25) is 0 Å². The van der Waals surface area contributed by atoms with Crippen LogP contribution < -0.4 is 52.8 Å². The fraction of sp³-hybridized carbons (Fsp3) is 0.473. The van der Waals surface area contributed by atoms with E-state index in [0.29, 0.717) is 6.42 Å². The van der Waals surface area contributed by atoms with Gasteiger partial charge in [-0.05, 0) is 103 Å². The van der Waals surface area contributed by atoms with E-state index in [-0.39, 0.29) is 92.4 Å². The lowest BCUT2D eigenvalue weighted by Gasteiger charge is -2.38. The number of nitrogens with one attached hydrogen (secondary N) is 6. The summed E-state index contributed by atoms with van der Waals surface area (Å²) in [6, 6.07) is -9.04. The summed E-state index contributed by atoms with van der Waals surface area (Å²) in [5, 5.41) is 96.2. The Labute approximate surface area is 475 Å². The zero-order chi connectivity index (χ0) is 59.0. The number of ether oxygens (including phenoxy) is 2. The van der Waals surface area contributed by atoms with Crippen molar-refractivity contribution in [3.8, 4) is 17.2 Å². The lowest BCUT2D eigenvalue weighted by atomic mass is 9.74. The number of carbonyl (C=O) groups is 6. The number of phenols is 1. The third-order valence-corrected chi connectivity index (χ3v) is 16.0. The van der Waals surface area contributed by atoms with Gasteiger partial charge < -0.3 is 88.6 Å². The number of rotatable bonds is 8. The van der Waals surface area contributed by atoms with Crippen LogP contribution in [0, 0.1) is 23.7 Å². The minimum absolute atomic E-state index is 0.00213. The quantitative estimate of drug-likeness (QED) is 0.159. The largest absolute Gasteiger partial charge is 0.512 e. The molecule has 4 aliphatic carbocycles. The first-order valence-electron chi connectivity index (χ1n) is 26.4. The van der Waals surface area contributed by atoms with Crippen molar-refractivity contribution in [2.24, 2.45) is 40.1 Å². The van der Waals surface area contributed by atoms with Crippen molar-refractivity contribution in [2.75, 3.05) is 13.7 Å². The van der Waals surface area contributed by atoms with Crippen molar-refractivity contribution < 1.29 is 74.0 Å². The molecule has 0 spiro atoms. The number of aromatic hydroxyl groups is 1. The summed E-state index contributed by atoms with van der Waals surface area (Å²) in [4.78, 5) is 90.8. The molecule has 11 bridgehead atoms. The Kier molecular flexibility index (Phi) is 18.1. The number of benzene rings is 1. The summed E-state index contributed by atoms with van der Waals surface area (Å²) in [7, 11) is 1.54. The predicted octanol–water partition coefficient (Wildman–Crippen LogP) is 0.612. The Balaban J connectivity index is 1.36. The van der Waals surface area contributed by atoms with Gasteiger partial charge in [0.05, 0.1) is 41.6 Å². The Hall–Kier alpha value is -7.19. The van der Waals surface area contributed by atoms with Crippen LogP contribution in [0.15, 0.2) is 110 Å². The number of carbonyl (C=O) groups excluding carboxylic acids is 6. The number of allylic oxidation sites excluding steroid dienone is 9. The van der Waals surface area contributed by atoms with Gasteiger partial charge in [0.2, 0.25) is 41.2 Å². The molecule has 1 saturated heterocycles. The van der Waals surface area contributed by atoms with Crippen molar-refractivity contribution in [3.05, 3.63) is 110 Å². The number of amidine groups is 1. The molecule has 17 N–H and O–H groups in total. The van der Waals surface area contributed by atoms with Crippen molar-refractivity contribution in [3.63, 3.8) is 0 Å². The molecule has 0 aromatic heterocycles. The summed E-state index contributed by atoms with van der Waals surface area (Å²) in [6.45, 7) is 6.12. The smallest absolute Gasteiger partial charge is 0.249 e. The van der Waals surface area contributed by atoms with Gasteiger partial charge in [0.25, 0.3) is 0 Å². The molecule has 5 aliphatic heterocycles. The molecule has 436 valence electrons. The molecule has 0 radical (unpaired) electrons. The summed E-state index contributed by atoms with van der Waals surface area (Å²) in [5.74, 6) is -11.9. The van der Waals surface area contributed by atoms with Crippen molar-refractivity contribution in [1.82, 2.24) is 31.9 Å². The fourth-order valence-electron chi connectivity index (χ4n) is 10.9. The van der Waals surface area contributed by atoms with E-state index in [1.54, 1.807) is 14.0 Å². The highest BCUT2D eigenvalue weighted by atomic mass is 35.5. The number of nitrogens with two attached hydrogens (primary N) is 2. The maximum Gasteiger partial charge on any atom is 0.249 e. The molecular weight excluding hydrogens is 1100 g/mol. The number of primary amides is 1. The highest BCUT2D eigenvalue weighted by Crippen LogP contribution is 2.46. The van der Waals surface area contributed by atoms with Crippen LogP contribution in [0.3, 0.4) is 0 Å². The Morgan fingerprint density at radius 3 is 2.17 bits per heavy atom. The average Bonchev–Trinajstić information content (AvgIpc) is 3.48. The molecule has 0 saturated carbocycles. The molecule has 1 fully saturated rings. The van der Waals surface area contributed by atoms with Gasteiger partial charge in [-0.15, -0.1) is 11.6 Å². The van der Waals surface area contributed by atoms with E-state index in [2.05, 4.69) is 31.9 Å². The first-order valence-corrected chi connectivity index (χ1v) is 27.2. The van der Waals surface area contributed by atoms with E-state index in [1.807, 2.05) is 13.8 Å². The van der Waals surface area contributed by atoms with Crippen molar-refractivity contribution >= 4 is 64.5 Å². The third-order valence-electron chi connectivity index (χ3n) is 15.4. The number of aliphatic hydroxyl groups excluding tert-OH is 6. The number of phenolic OH excluding ortho intramolecular Hbond substituents is 1. The van der Waals surface area contributed by atoms with Gasteiger partial charge in [0.1, 0.15) is 65.2 Å². The third kappa shape index (κ3) is 12.5. The molecule has 5 heterocycles.